The Balaban J connectivity index is 0.00000306. The Morgan fingerprint density at radius 2 is 2.09 bits per heavy atom. The lowest BCUT2D eigenvalue weighted by Gasteiger charge is -2.30. The lowest BCUT2D eigenvalue weighted by atomic mass is 9.76. The number of halogens is 1. The summed E-state index contributed by atoms with van der Waals surface area (Å²) < 4.78 is 6.70. The van der Waals surface area contributed by atoms with Gasteiger partial charge in [0.2, 0.25) is 0 Å². The number of nitriles is 1. The van der Waals surface area contributed by atoms with Gasteiger partial charge >= 0.3 is 6.03 Å². The van der Waals surface area contributed by atoms with E-state index in [2.05, 4.69) is 47.3 Å². The van der Waals surface area contributed by atoms with E-state index in [-0.39, 0.29) is 24.1 Å². The van der Waals surface area contributed by atoms with Gasteiger partial charge in [-0.25, -0.2) is 14.3 Å². The van der Waals surface area contributed by atoms with E-state index in [4.69, 9.17) is 4.74 Å². The summed E-state index contributed by atoms with van der Waals surface area (Å²) in [5.74, 6) is 0. The lowest BCUT2D eigenvalue weighted by Crippen LogP contribution is -2.37. The third-order valence-corrected chi connectivity index (χ3v) is 6.44. The van der Waals surface area contributed by atoms with E-state index in [9.17, 15) is 10.1 Å². The van der Waals surface area contributed by atoms with Crippen LogP contribution in [0.4, 0.5) is 10.5 Å². The molecule has 2 heterocycles. The fourth-order valence-electron chi connectivity index (χ4n) is 4.27. The molecule has 7 nitrogen and oxygen atoms in total. The van der Waals surface area contributed by atoms with E-state index in [1.807, 2.05) is 12.1 Å². The first kappa shape index (κ1) is 25.0. The van der Waals surface area contributed by atoms with Crippen LogP contribution in [0.2, 0.25) is 0 Å². The minimum atomic E-state index is -0.377. The highest BCUT2D eigenvalue weighted by Gasteiger charge is 2.24. The van der Waals surface area contributed by atoms with E-state index in [1.54, 1.807) is 0 Å². The van der Waals surface area contributed by atoms with Crippen LogP contribution in [0.25, 0.3) is 5.57 Å². The van der Waals surface area contributed by atoms with Crippen molar-refractivity contribution in [2.75, 3.05) is 38.2 Å². The number of nitrogens with one attached hydrogen (secondary N) is 1. The molecule has 1 saturated heterocycles. The minimum Gasteiger partial charge on any atom is -0.379 e. The second-order valence-corrected chi connectivity index (χ2v) is 9.37. The van der Waals surface area contributed by atoms with Crippen LogP contribution in [0.5, 0.6) is 0 Å². The number of imidazole rings is 1. The Hall–Kier alpha value is -2.66. The highest BCUT2D eigenvalue weighted by Crippen LogP contribution is 2.40. The van der Waals surface area contributed by atoms with Gasteiger partial charge in [0, 0.05) is 30.9 Å². The number of benzene rings is 1. The number of hydrogen-bond acceptors (Lipinski definition) is 5. The van der Waals surface area contributed by atoms with Crippen LogP contribution in [0.15, 0.2) is 36.8 Å². The number of ether oxygens (including phenoxy) is 1. The van der Waals surface area contributed by atoms with Gasteiger partial charge in [-0.15, -0.1) is 12.4 Å². The molecule has 1 amide bonds. The predicted molar refractivity (Wildman–Crippen MR) is 132 cm³/mol. The number of aromatic nitrogens is 2. The Bertz CT molecular complexity index is 1050. The summed E-state index contributed by atoms with van der Waals surface area (Å²) in [4.78, 5) is 19.2. The lowest BCUT2D eigenvalue weighted by molar-refractivity contribution is 0.0384. The SMILES string of the molecule is CC1(C)CC=C(c2cc(CCN3CCOCC3)ccc2NC(=O)n2cncc2C#N)CC1.Cl. The van der Waals surface area contributed by atoms with Crippen molar-refractivity contribution in [3.8, 4) is 6.07 Å². The van der Waals surface area contributed by atoms with Crippen molar-refractivity contribution in [2.24, 2.45) is 5.41 Å². The van der Waals surface area contributed by atoms with Gasteiger partial charge < -0.3 is 10.1 Å². The average molecular weight is 470 g/mol. The Morgan fingerprint density at radius 3 is 2.79 bits per heavy atom. The van der Waals surface area contributed by atoms with Crippen LogP contribution in [-0.4, -0.2) is 53.3 Å². The zero-order chi connectivity index (χ0) is 22.6. The van der Waals surface area contributed by atoms with Gasteiger partial charge in [0.15, 0.2) is 0 Å². The number of rotatable bonds is 5. The molecule has 0 bridgehead atoms. The molecule has 1 aliphatic heterocycles. The first-order chi connectivity index (χ1) is 15.4. The molecule has 0 unspecified atom stereocenters. The summed E-state index contributed by atoms with van der Waals surface area (Å²) in [6.45, 7) is 9.16. The van der Waals surface area contributed by atoms with Gasteiger partial charge in [-0.05, 0) is 54.4 Å². The zero-order valence-corrected chi connectivity index (χ0v) is 20.2. The number of carbonyl (C=O) groups excluding carboxylic acids is 1. The van der Waals surface area contributed by atoms with Gasteiger partial charge in [0.25, 0.3) is 0 Å². The van der Waals surface area contributed by atoms with Crippen LogP contribution < -0.4 is 5.32 Å². The van der Waals surface area contributed by atoms with Crippen molar-refractivity contribution in [3.05, 3.63) is 53.6 Å². The molecular formula is C25H32ClN5O2. The molecule has 33 heavy (non-hydrogen) atoms. The van der Waals surface area contributed by atoms with Crippen molar-refractivity contribution >= 4 is 29.7 Å². The maximum absolute atomic E-state index is 12.8. The second kappa shape index (κ2) is 11.0. The molecule has 1 N–H and O–H groups in total. The van der Waals surface area contributed by atoms with Gasteiger partial charge in [0.1, 0.15) is 18.1 Å². The molecule has 1 aromatic carbocycles. The van der Waals surface area contributed by atoms with Crippen molar-refractivity contribution in [1.82, 2.24) is 14.5 Å². The molecule has 1 fully saturated rings. The molecule has 0 atom stereocenters. The summed E-state index contributed by atoms with van der Waals surface area (Å²) in [6.07, 6.45) is 9.15. The van der Waals surface area contributed by atoms with Crippen molar-refractivity contribution < 1.29 is 9.53 Å². The maximum atomic E-state index is 12.8. The highest BCUT2D eigenvalue weighted by atomic mass is 35.5. The van der Waals surface area contributed by atoms with Crippen molar-refractivity contribution in [3.63, 3.8) is 0 Å². The van der Waals surface area contributed by atoms with E-state index >= 15 is 0 Å². The van der Waals surface area contributed by atoms with Gasteiger partial charge in [-0.3, -0.25) is 4.90 Å². The molecule has 0 spiro atoms. The van der Waals surface area contributed by atoms with Crippen molar-refractivity contribution in [2.45, 2.75) is 39.5 Å². The molecule has 8 heteroatoms. The normalized spacial score (nSPS) is 18.0. The topological polar surface area (TPSA) is 83.2 Å². The number of hydrogen-bond donors (Lipinski definition) is 1. The summed E-state index contributed by atoms with van der Waals surface area (Å²) in [6, 6.07) is 7.93. The average Bonchev–Trinajstić information content (AvgIpc) is 3.28. The second-order valence-electron chi connectivity index (χ2n) is 9.37. The monoisotopic (exact) mass is 469 g/mol. The Kier molecular flexibility index (Phi) is 8.30. The van der Waals surface area contributed by atoms with Gasteiger partial charge in [-0.2, -0.15) is 5.26 Å². The first-order valence-corrected chi connectivity index (χ1v) is 11.3. The molecular weight excluding hydrogens is 438 g/mol. The van der Waals surface area contributed by atoms with Gasteiger partial charge in [-0.1, -0.05) is 26.0 Å². The summed E-state index contributed by atoms with van der Waals surface area (Å²) in [7, 11) is 0. The van der Waals surface area contributed by atoms with Crippen LogP contribution in [0.3, 0.4) is 0 Å². The van der Waals surface area contributed by atoms with E-state index in [0.29, 0.717) is 5.41 Å². The standard InChI is InChI=1S/C25H31N5O2.ClH/c1-25(2)8-5-20(6-9-25)22-15-19(7-10-29-11-13-32-14-12-29)3-4-23(22)28-24(31)30-18-27-17-21(30)16-26;/h3-5,15,17-18H,6-14H2,1-2H3,(H,28,31);1H. The van der Waals surface area contributed by atoms with E-state index in [0.717, 1.165) is 69.8 Å². The number of anilines is 1. The maximum Gasteiger partial charge on any atom is 0.332 e. The molecule has 1 aliphatic carbocycles. The van der Waals surface area contributed by atoms with Crippen LogP contribution in [0, 0.1) is 16.7 Å². The van der Waals surface area contributed by atoms with Crippen molar-refractivity contribution in [1.29, 1.82) is 5.26 Å². The zero-order valence-electron chi connectivity index (χ0n) is 19.3. The molecule has 2 aliphatic rings. The van der Waals surface area contributed by atoms with E-state index < -0.39 is 0 Å². The van der Waals surface area contributed by atoms with E-state index in [1.165, 1.54) is 28.2 Å². The smallest absolute Gasteiger partial charge is 0.332 e. The number of nitrogens with zero attached hydrogens (tertiary/aromatic N) is 4. The predicted octanol–water partition coefficient (Wildman–Crippen LogP) is 4.72. The first-order valence-electron chi connectivity index (χ1n) is 11.3. The fourth-order valence-corrected chi connectivity index (χ4v) is 4.27. The Morgan fingerprint density at radius 1 is 1.30 bits per heavy atom. The van der Waals surface area contributed by atoms with Crippen LogP contribution in [0.1, 0.15) is 49.9 Å². The Labute approximate surface area is 201 Å². The summed E-state index contributed by atoms with van der Waals surface area (Å²) >= 11 is 0. The molecule has 176 valence electrons. The largest absolute Gasteiger partial charge is 0.379 e. The highest BCUT2D eigenvalue weighted by molar-refractivity contribution is 5.95. The summed E-state index contributed by atoms with van der Waals surface area (Å²) in [5, 5.41) is 12.2. The molecule has 1 aromatic heterocycles. The van der Waals surface area contributed by atoms with Gasteiger partial charge in [0.05, 0.1) is 19.4 Å². The number of allylic oxidation sites excluding steroid dienone is 2. The number of morpholine rings is 1. The minimum absolute atomic E-state index is 0. The number of amides is 1. The third kappa shape index (κ3) is 6.23. The molecule has 2 aromatic rings. The fraction of sp³-hybridized carbons (Fsp3) is 0.480. The van der Waals surface area contributed by atoms with Crippen LogP contribution >= 0.6 is 12.4 Å². The summed E-state index contributed by atoms with van der Waals surface area (Å²) in [5.41, 5.74) is 4.90. The quantitative estimate of drug-likeness (QED) is 0.684. The molecule has 0 saturated carbocycles. The third-order valence-electron chi connectivity index (χ3n) is 6.44. The molecule has 0 radical (unpaired) electrons. The number of carbonyl (C=O) groups is 1. The van der Waals surface area contributed by atoms with Crippen LogP contribution in [-0.2, 0) is 11.2 Å². The molecule has 4 rings (SSSR count).